The van der Waals surface area contributed by atoms with Crippen molar-refractivity contribution in [3.05, 3.63) is 30.3 Å². The molecule has 1 rings (SSSR count). The maximum Gasteiger partial charge on any atom is 0.358 e. The van der Waals surface area contributed by atoms with Crippen LogP contribution in [-0.2, 0) is 9.09 Å². The fourth-order valence-electron chi connectivity index (χ4n) is 0.866. The number of halogens is 1. The van der Waals surface area contributed by atoms with E-state index in [1.807, 2.05) is 0 Å². The molecule has 1 N–H and O–H groups in total. The first-order valence-electron chi connectivity index (χ1n) is 3.70. The zero-order valence-corrected chi connectivity index (χ0v) is 8.92. The van der Waals surface area contributed by atoms with Crippen LogP contribution in [0.15, 0.2) is 30.3 Å². The quantitative estimate of drug-likeness (QED) is 0.796. The maximum absolute atomic E-state index is 11.3. The van der Waals surface area contributed by atoms with Gasteiger partial charge in [0, 0.05) is 0 Å². The van der Waals surface area contributed by atoms with E-state index in [-0.39, 0.29) is 19.0 Å². The van der Waals surface area contributed by atoms with Crippen LogP contribution in [0.5, 0.6) is 0 Å². The molecule has 1 unspecified atom stereocenters. The molecular weight excluding hydrogens is 211 g/mol. The number of benzene rings is 1. The first-order chi connectivity index (χ1) is 5.67. The zero-order valence-electron chi connectivity index (χ0n) is 7.21. The van der Waals surface area contributed by atoms with Crippen LogP contribution in [0.2, 0.25) is 0 Å². The molecule has 74 valence electrons. The predicted octanol–water partition coefficient (Wildman–Crippen LogP) is 1.96. The molecule has 0 saturated carbocycles. The van der Waals surface area contributed by atoms with Gasteiger partial charge in [-0.15, -0.1) is 12.4 Å². The second-order valence-electron chi connectivity index (χ2n) is 2.27. The fraction of sp³-hybridized carbons (Fsp3) is 0.250. The van der Waals surface area contributed by atoms with Gasteiger partial charge in [-0.3, -0.25) is 4.57 Å². The molecule has 0 aromatic heterocycles. The van der Waals surface area contributed by atoms with E-state index in [4.69, 9.17) is 4.52 Å². The highest BCUT2D eigenvalue weighted by molar-refractivity contribution is 7.61. The first-order valence-corrected chi connectivity index (χ1v) is 5.27. The molecule has 0 heterocycles. The van der Waals surface area contributed by atoms with Gasteiger partial charge in [0.05, 0.1) is 11.9 Å². The second-order valence-corrected chi connectivity index (χ2v) is 4.09. The van der Waals surface area contributed by atoms with Crippen molar-refractivity contribution in [1.82, 2.24) is 0 Å². The Morgan fingerprint density at radius 1 is 1.38 bits per heavy atom. The molecule has 13 heavy (non-hydrogen) atoms. The summed E-state index contributed by atoms with van der Waals surface area (Å²) in [5.41, 5.74) is 0. The van der Waals surface area contributed by atoms with Crippen molar-refractivity contribution in [2.75, 3.05) is 6.61 Å². The van der Waals surface area contributed by atoms with E-state index in [0.717, 1.165) is 0 Å². The Labute approximate surface area is 83.7 Å². The average molecular weight is 223 g/mol. The van der Waals surface area contributed by atoms with Gasteiger partial charge in [-0.25, -0.2) is 0 Å². The van der Waals surface area contributed by atoms with E-state index < -0.39 is 7.60 Å². The highest BCUT2D eigenvalue weighted by atomic mass is 35.5. The summed E-state index contributed by atoms with van der Waals surface area (Å²) in [6.07, 6.45) is 0. The third-order valence-corrected chi connectivity index (χ3v) is 2.95. The number of rotatable bonds is 3. The number of hydrogen-bond acceptors (Lipinski definition) is 2. The van der Waals surface area contributed by atoms with Crippen LogP contribution in [0.1, 0.15) is 6.92 Å². The molecule has 0 bridgehead atoms. The molecule has 0 aliphatic carbocycles. The highest BCUT2D eigenvalue weighted by Crippen LogP contribution is 2.39. The van der Waals surface area contributed by atoms with Gasteiger partial charge in [-0.1, -0.05) is 18.2 Å². The summed E-state index contributed by atoms with van der Waals surface area (Å²) < 4.78 is 16.1. The molecule has 3 nitrogen and oxygen atoms in total. The van der Waals surface area contributed by atoms with Crippen LogP contribution in [0, 0.1) is 0 Å². The minimum absolute atomic E-state index is 0. The van der Waals surface area contributed by atoms with E-state index in [2.05, 4.69) is 0 Å². The predicted molar refractivity (Wildman–Crippen MR) is 54.8 cm³/mol. The Balaban J connectivity index is 0.00000144. The Bertz CT molecular complexity index is 289. The van der Waals surface area contributed by atoms with Gasteiger partial charge in [-0.05, 0) is 19.1 Å². The van der Waals surface area contributed by atoms with Crippen molar-refractivity contribution in [3.8, 4) is 0 Å². The number of hydrogen-bond donors (Lipinski definition) is 1. The Kier molecular flexibility index (Phi) is 5.26. The largest absolute Gasteiger partial charge is 0.358 e. The summed E-state index contributed by atoms with van der Waals surface area (Å²) in [5.74, 6) is 0. The molecule has 0 amide bonds. The lowest BCUT2D eigenvalue weighted by atomic mass is 10.4. The van der Waals surface area contributed by atoms with Crippen LogP contribution >= 0.6 is 20.0 Å². The molecule has 0 radical (unpaired) electrons. The van der Waals surface area contributed by atoms with Crippen LogP contribution < -0.4 is 5.30 Å². The van der Waals surface area contributed by atoms with Crippen molar-refractivity contribution in [2.45, 2.75) is 6.92 Å². The third kappa shape index (κ3) is 3.49. The summed E-state index contributed by atoms with van der Waals surface area (Å²) in [6.45, 7) is 1.93. The highest BCUT2D eigenvalue weighted by Gasteiger charge is 2.20. The molecule has 0 fully saturated rings. The van der Waals surface area contributed by atoms with E-state index in [9.17, 15) is 9.46 Å². The average Bonchev–Trinajstić information content (AvgIpc) is 2.06. The van der Waals surface area contributed by atoms with Crippen molar-refractivity contribution in [3.63, 3.8) is 0 Å². The van der Waals surface area contributed by atoms with Crippen LogP contribution in [-0.4, -0.2) is 11.5 Å². The summed E-state index contributed by atoms with van der Waals surface area (Å²) in [7, 11) is -3.54. The van der Waals surface area contributed by atoms with Crippen LogP contribution in [0.25, 0.3) is 0 Å². The van der Waals surface area contributed by atoms with Gasteiger partial charge < -0.3 is 9.42 Å². The summed E-state index contributed by atoms with van der Waals surface area (Å²) >= 11 is 0. The van der Waals surface area contributed by atoms with Gasteiger partial charge in [-0.2, -0.15) is 0 Å². The van der Waals surface area contributed by atoms with Gasteiger partial charge in [0.2, 0.25) is 0 Å². The molecule has 5 heteroatoms. The molecule has 0 aliphatic heterocycles. The van der Waals surface area contributed by atoms with Crippen molar-refractivity contribution >= 4 is 25.3 Å². The second kappa shape index (κ2) is 5.40. The molecule has 0 aliphatic rings. The van der Waals surface area contributed by atoms with Crippen molar-refractivity contribution in [1.29, 1.82) is 0 Å². The van der Waals surface area contributed by atoms with Gasteiger partial charge in [0.1, 0.15) is 0 Å². The van der Waals surface area contributed by atoms with E-state index in [1.165, 1.54) is 0 Å². The third-order valence-electron chi connectivity index (χ3n) is 1.39. The van der Waals surface area contributed by atoms with E-state index >= 15 is 0 Å². The fourth-order valence-corrected chi connectivity index (χ4v) is 1.91. The Morgan fingerprint density at radius 2 is 1.92 bits per heavy atom. The first kappa shape index (κ1) is 12.7. The lowest BCUT2D eigenvalue weighted by molar-refractivity contribution is 0.284. The van der Waals surface area contributed by atoms with Gasteiger partial charge in [0.25, 0.3) is 0 Å². The smallest absolute Gasteiger partial charge is 0.321 e. The Hall–Kier alpha value is -0.340. The molecule has 1 aromatic carbocycles. The van der Waals surface area contributed by atoms with Crippen LogP contribution in [0.3, 0.4) is 0 Å². The SMILES string of the molecule is CCOP(=O)(O)c1ccccc1.Cl. The lowest BCUT2D eigenvalue weighted by Gasteiger charge is -2.09. The molecule has 0 spiro atoms. The summed E-state index contributed by atoms with van der Waals surface area (Å²) in [6, 6.07) is 8.36. The molecular formula is C8H12ClO3P. The monoisotopic (exact) mass is 222 g/mol. The minimum atomic E-state index is -3.54. The summed E-state index contributed by atoms with van der Waals surface area (Å²) in [5, 5.41) is 0.340. The van der Waals surface area contributed by atoms with Crippen molar-refractivity contribution < 1.29 is 14.0 Å². The van der Waals surface area contributed by atoms with Crippen molar-refractivity contribution in [2.24, 2.45) is 0 Å². The Morgan fingerprint density at radius 3 is 2.38 bits per heavy atom. The topological polar surface area (TPSA) is 46.5 Å². The van der Waals surface area contributed by atoms with Crippen LogP contribution in [0.4, 0.5) is 0 Å². The zero-order chi connectivity index (χ0) is 9.03. The maximum atomic E-state index is 11.3. The summed E-state index contributed by atoms with van der Waals surface area (Å²) in [4.78, 5) is 9.32. The van der Waals surface area contributed by atoms with E-state index in [1.54, 1.807) is 37.3 Å². The molecule has 1 atom stereocenters. The normalized spacial score (nSPS) is 14.3. The molecule has 0 saturated heterocycles. The standard InChI is InChI=1S/C8H11O3P.ClH/c1-2-11-12(9,10)8-6-4-3-5-7-8;/h3-7H,2H2,1H3,(H,9,10);1H. The van der Waals surface area contributed by atoms with E-state index in [0.29, 0.717) is 5.30 Å². The lowest BCUT2D eigenvalue weighted by Crippen LogP contribution is -2.05. The minimum Gasteiger partial charge on any atom is -0.321 e. The molecule has 1 aromatic rings. The van der Waals surface area contributed by atoms with Gasteiger partial charge >= 0.3 is 7.60 Å². The van der Waals surface area contributed by atoms with Gasteiger partial charge in [0.15, 0.2) is 0 Å².